The predicted molar refractivity (Wildman–Crippen MR) is 73.0 cm³/mol. The van der Waals surface area contributed by atoms with Gasteiger partial charge in [-0.1, -0.05) is 12.8 Å². The molecule has 2 rings (SSSR count). The Hall–Kier alpha value is -1.47. The molecule has 1 fully saturated rings. The Labute approximate surface area is 118 Å². The molecule has 20 heavy (non-hydrogen) atoms. The molecule has 0 atom stereocenters. The first-order chi connectivity index (χ1) is 9.41. The minimum absolute atomic E-state index is 0.0256. The van der Waals surface area contributed by atoms with Crippen molar-refractivity contribution in [3.8, 4) is 0 Å². The number of hydrogen-bond acceptors (Lipinski definition) is 4. The summed E-state index contributed by atoms with van der Waals surface area (Å²) in [6.45, 7) is 0.491. The summed E-state index contributed by atoms with van der Waals surface area (Å²) < 4.78 is 25.9. The quantitative estimate of drug-likeness (QED) is 0.892. The van der Waals surface area contributed by atoms with Crippen LogP contribution in [0.3, 0.4) is 0 Å². The van der Waals surface area contributed by atoms with Crippen LogP contribution in [-0.4, -0.2) is 42.4 Å². The second-order valence-corrected chi connectivity index (χ2v) is 7.12. The Kier molecular flexibility index (Phi) is 4.39. The predicted octanol–water partition coefficient (Wildman–Crippen LogP) is 1.59. The summed E-state index contributed by atoms with van der Waals surface area (Å²) in [5.74, 6) is -0.714. The molecule has 0 spiro atoms. The van der Waals surface area contributed by atoms with E-state index in [2.05, 4.69) is 4.98 Å². The summed E-state index contributed by atoms with van der Waals surface area (Å²) in [6, 6.07) is 2.50. The molecular weight excluding hydrogens is 280 g/mol. The van der Waals surface area contributed by atoms with Crippen molar-refractivity contribution in [2.75, 3.05) is 13.6 Å². The average molecular weight is 298 g/mol. The number of aromatic carboxylic acids is 1. The van der Waals surface area contributed by atoms with Crippen LogP contribution in [-0.2, 0) is 10.0 Å². The van der Waals surface area contributed by atoms with Crippen molar-refractivity contribution in [1.82, 2.24) is 9.29 Å². The van der Waals surface area contributed by atoms with Crippen LogP contribution in [0.15, 0.2) is 23.4 Å². The van der Waals surface area contributed by atoms with E-state index >= 15 is 0 Å². The summed E-state index contributed by atoms with van der Waals surface area (Å²) in [4.78, 5) is 14.5. The van der Waals surface area contributed by atoms with Gasteiger partial charge in [-0.25, -0.2) is 18.2 Å². The molecule has 1 aromatic heterocycles. The molecule has 1 aliphatic rings. The smallest absolute Gasteiger partial charge is 0.337 e. The second kappa shape index (κ2) is 5.88. The van der Waals surface area contributed by atoms with Crippen LogP contribution in [0.2, 0.25) is 0 Å². The van der Waals surface area contributed by atoms with Crippen molar-refractivity contribution in [1.29, 1.82) is 0 Å². The Balaban J connectivity index is 2.13. The molecule has 110 valence electrons. The molecule has 6 nitrogen and oxygen atoms in total. The lowest BCUT2D eigenvalue weighted by molar-refractivity contribution is 0.0696. The topological polar surface area (TPSA) is 87.6 Å². The number of aromatic nitrogens is 1. The zero-order chi connectivity index (χ0) is 14.8. The fourth-order valence-electron chi connectivity index (χ4n) is 2.47. The number of hydrogen-bond donors (Lipinski definition) is 1. The highest BCUT2D eigenvalue weighted by Gasteiger charge is 2.26. The molecule has 0 unspecified atom stereocenters. The van der Waals surface area contributed by atoms with Crippen molar-refractivity contribution >= 4 is 16.0 Å². The van der Waals surface area contributed by atoms with E-state index in [4.69, 9.17) is 5.11 Å². The Morgan fingerprint density at radius 1 is 1.40 bits per heavy atom. The number of carbonyl (C=O) groups is 1. The maximum Gasteiger partial charge on any atom is 0.337 e. The van der Waals surface area contributed by atoms with Gasteiger partial charge in [-0.05, 0) is 30.9 Å². The highest BCUT2D eigenvalue weighted by Crippen LogP contribution is 2.26. The van der Waals surface area contributed by atoms with E-state index < -0.39 is 16.0 Å². The lowest BCUT2D eigenvalue weighted by atomic mass is 10.1. The molecule has 7 heteroatoms. The standard InChI is InChI=1S/C13H18N2O4S/c1-15(9-10-4-2-3-5-10)20(18,19)12-7-6-11(8-14-12)13(16)17/h6-8,10H,2-5,9H2,1H3,(H,16,17). The molecule has 1 heterocycles. The van der Waals surface area contributed by atoms with Gasteiger partial charge in [-0.3, -0.25) is 0 Å². The number of sulfonamides is 1. The van der Waals surface area contributed by atoms with Gasteiger partial charge in [0, 0.05) is 19.8 Å². The van der Waals surface area contributed by atoms with E-state index in [1.165, 1.54) is 16.4 Å². The molecular formula is C13H18N2O4S. The van der Waals surface area contributed by atoms with Gasteiger partial charge in [-0.15, -0.1) is 0 Å². The van der Waals surface area contributed by atoms with Crippen molar-refractivity contribution < 1.29 is 18.3 Å². The van der Waals surface area contributed by atoms with E-state index in [9.17, 15) is 13.2 Å². The first-order valence-electron chi connectivity index (χ1n) is 6.57. The van der Waals surface area contributed by atoms with Crippen LogP contribution >= 0.6 is 0 Å². The van der Waals surface area contributed by atoms with Crippen molar-refractivity contribution in [3.63, 3.8) is 0 Å². The second-order valence-electron chi connectivity index (χ2n) is 5.13. The zero-order valence-electron chi connectivity index (χ0n) is 11.3. The lowest BCUT2D eigenvalue weighted by Gasteiger charge is -2.20. The fourth-order valence-corrected chi connectivity index (χ4v) is 3.63. The molecule has 0 radical (unpaired) electrons. The summed E-state index contributed by atoms with van der Waals surface area (Å²) in [5, 5.41) is 8.67. The van der Waals surface area contributed by atoms with Gasteiger partial charge < -0.3 is 5.11 Å². The van der Waals surface area contributed by atoms with Gasteiger partial charge in [0.1, 0.15) is 0 Å². The van der Waals surface area contributed by atoms with Gasteiger partial charge in [-0.2, -0.15) is 4.31 Å². The van der Waals surface area contributed by atoms with E-state index in [1.54, 1.807) is 7.05 Å². The number of nitrogens with zero attached hydrogens (tertiary/aromatic N) is 2. The molecule has 1 aromatic rings. The minimum atomic E-state index is -3.64. The van der Waals surface area contributed by atoms with Crippen LogP contribution in [0.25, 0.3) is 0 Å². The number of rotatable bonds is 5. The van der Waals surface area contributed by atoms with E-state index in [0.717, 1.165) is 31.9 Å². The molecule has 0 saturated heterocycles. The van der Waals surface area contributed by atoms with Crippen molar-refractivity contribution in [3.05, 3.63) is 23.9 Å². The van der Waals surface area contributed by atoms with Crippen molar-refractivity contribution in [2.45, 2.75) is 30.7 Å². The average Bonchev–Trinajstić information content (AvgIpc) is 2.91. The zero-order valence-corrected chi connectivity index (χ0v) is 12.1. The Bertz CT molecular complexity index is 577. The third kappa shape index (κ3) is 3.16. The van der Waals surface area contributed by atoms with E-state index in [0.29, 0.717) is 12.5 Å². The number of carboxylic acids is 1. The van der Waals surface area contributed by atoms with Gasteiger partial charge in [0.05, 0.1) is 5.56 Å². The molecule has 1 saturated carbocycles. The van der Waals surface area contributed by atoms with E-state index in [-0.39, 0.29) is 10.6 Å². The van der Waals surface area contributed by atoms with Crippen LogP contribution in [0.1, 0.15) is 36.0 Å². The largest absolute Gasteiger partial charge is 0.478 e. The summed E-state index contributed by atoms with van der Waals surface area (Å²) in [5.41, 5.74) is -0.0256. The number of pyridine rings is 1. The third-order valence-electron chi connectivity index (χ3n) is 3.65. The first kappa shape index (κ1) is 14.9. The van der Waals surface area contributed by atoms with Gasteiger partial charge in [0.15, 0.2) is 5.03 Å². The molecule has 1 N–H and O–H groups in total. The number of carboxylic acid groups (broad SMARTS) is 1. The monoisotopic (exact) mass is 298 g/mol. The van der Waals surface area contributed by atoms with Gasteiger partial charge in [0.25, 0.3) is 10.0 Å². The Morgan fingerprint density at radius 3 is 2.55 bits per heavy atom. The minimum Gasteiger partial charge on any atom is -0.478 e. The SMILES string of the molecule is CN(CC1CCCC1)S(=O)(=O)c1ccc(C(=O)O)cn1. The van der Waals surface area contributed by atoms with Crippen molar-refractivity contribution in [2.24, 2.45) is 5.92 Å². The third-order valence-corrected chi connectivity index (χ3v) is 5.39. The fraction of sp³-hybridized carbons (Fsp3) is 0.538. The van der Waals surface area contributed by atoms with Crippen LogP contribution in [0.5, 0.6) is 0 Å². The highest BCUT2D eigenvalue weighted by molar-refractivity contribution is 7.89. The molecule has 0 aromatic carbocycles. The lowest BCUT2D eigenvalue weighted by Crippen LogP contribution is -2.31. The first-order valence-corrected chi connectivity index (χ1v) is 8.01. The molecule has 0 amide bonds. The van der Waals surface area contributed by atoms with Gasteiger partial charge in [0.2, 0.25) is 0 Å². The van der Waals surface area contributed by atoms with Gasteiger partial charge >= 0.3 is 5.97 Å². The summed E-state index contributed by atoms with van der Waals surface area (Å²) >= 11 is 0. The maximum atomic E-state index is 12.3. The highest BCUT2D eigenvalue weighted by atomic mass is 32.2. The molecule has 0 aliphatic heterocycles. The molecule has 1 aliphatic carbocycles. The van der Waals surface area contributed by atoms with Crippen LogP contribution in [0.4, 0.5) is 0 Å². The summed E-state index contributed by atoms with van der Waals surface area (Å²) in [6.07, 6.45) is 5.50. The normalized spacial score (nSPS) is 16.7. The van der Waals surface area contributed by atoms with Crippen LogP contribution < -0.4 is 0 Å². The molecule has 0 bridgehead atoms. The summed E-state index contributed by atoms with van der Waals surface area (Å²) in [7, 11) is -2.10. The van der Waals surface area contributed by atoms with Crippen LogP contribution in [0, 0.1) is 5.92 Å². The van der Waals surface area contributed by atoms with E-state index in [1.807, 2.05) is 0 Å². The maximum absolute atomic E-state index is 12.3. The Morgan fingerprint density at radius 2 is 2.05 bits per heavy atom.